The molecule has 0 saturated carbocycles. The number of anilines is 1. The smallest absolute Gasteiger partial charge is 0.356 e. The number of fused-ring (bicyclic) bond motifs is 1. The average Bonchev–Trinajstić information content (AvgIpc) is 3.15. The number of aromatic nitrogens is 4. The molecule has 1 unspecified atom stereocenters. The molecule has 1 aliphatic heterocycles. The Balaban J connectivity index is 1.69. The van der Waals surface area contributed by atoms with E-state index in [4.69, 9.17) is 0 Å². The first-order chi connectivity index (χ1) is 14.6. The van der Waals surface area contributed by atoms with Crippen LogP contribution in [-0.4, -0.2) is 54.5 Å². The van der Waals surface area contributed by atoms with Crippen LogP contribution in [0, 0.1) is 5.92 Å². The van der Waals surface area contributed by atoms with Crippen LogP contribution in [0.15, 0.2) is 30.5 Å². The van der Waals surface area contributed by atoms with Crippen LogP contribution in [0.25, 0.3) is 22.4 Å². The van der Waals surface area contributed by atoms with Gasteiger partial charge in [0.1, 0.15) is 11.5 Å². The number of sulfonamides is 1. The van der Waals surface area contributed by atoms with Gasteiger partial charge in [0.2, 0.25) is 10.0 Å². The van der Waals surface area contributed by atoms with Crippen LogP contribution in [0.1, 0.15) is 18.4 Å². The van der Waals surface area contributed by atoms with Gasteiger partial charge < -0.3 is 4.90 Å². The van der Waals surface area contributed by atoms with Crippen molar-refractivity contribution in [1.29, 1.82) is 0 Å². The van der Waals surface area contributed by atoms with Crippen LogP contribution < -0.4 is 9.62 Å². The molecule has 31 heavy (non-hydrogen) atoms. The Morgan fingerprint density at radius 2 is 2.10 bits per heavy atom. The lowest BCUT2D eigenvalue weighted by Gasteiger charge is -2.34. The highest BCUT2D eigenvalue weighted by Crippen LogP contribution is 2.38. The molecule has 0 aliphatic carbocycles. The summed E-state index contributed by atoms with van der Waals surface area (Å²) in [5.74, 6) is 0.437. The van der Waals surface area contributed by atoms with Crippen molar-refractivity contribution in [3.63, 3.8) is 0 Å². The molecular weight excluding hydrogens is 433 g/mol. The maximum absolute atomic E-state index is 13.7. The van der Waals surface area contributed by atoms with Gasteiger partial charge in [0.05, 0.1) is 17.5 Å². The summed E-state index contributed by atoms with van der Waals surface area (Å²) in [6, 6.07) is 5.65. The van der Waals surface area contributed by atoms with Crippen LogP contribution in [0.2, 0.25) is 0 Å². The van der Waals surface area contributed by atoms with Crippen molar-refractivity contribution in [1.82, 2.24) is 24.9 Å². The third-order valence-electron chi connectivity index (χ3n) is 5.23. The summed E-state index contributed by atoms with van der Waals surface area (Å²) >= 11 is 0. The largest absolute Gasteiger partial charge is 0.418 e. The maximum atomic E-state index is 13.7. The van der Waals surface area contributed by atoms with E-state index in [1.807, 2.05) is 4.90 Å². The van der Waals surface area contributed by atoms with Gasteiger partial charge in [-0.2, -0.15) is 18.3 Å². The number of nitrogens with zero attached hydrogens (tertiary/aromatic N) is 4. The Labute approximate surface area is 176 Å². The van der Waals surface area contributed by atoms with E-state index in [0.717, 1.165) is 25.2 Å². The molecule has 12 heteroatoms. The van der Waals surface area contributed by atoms with E-state index in [1.54, 1.807) is 12.1 Å². The number of rotatable bonds is 5. The predicted octanol–water partition coefficient (Wildman–Crippen LogP) is 2.80. The molecule has 2 N–H and O–H groups in total. The van der Waals surface area contributed by atoms with Gasteiger partial charge in [0, 0.05) is 31.2 Å². The molecule has 3 aromatic rings. The van der Waals surface area contributed by atoms with E-state index in [0.29, 0.717) is 29.9 Å². The summed E-state index contributed by atoms with van der Waals surface area (Å²) in [6.45, 7) is 1.39. The van der Waals surface area contributed by atoms with Crippen molar-refractivity contribution in [3.05, 3.63) is 36.0 Å². The first-order valence-electron chi connectivity index (χ1n) is 9.69. The third kappa shape index (κ3) is 4.79. The summed E-state index contributed by atoms with van der Waals surface area (Å²) in [6.07, 6.45) is -0.375. The number of halogens is 3. The van der Waals surface area contributed by atoms with Crippen LogP contribution in [0.5, 0.6) is 0 Å². The van der Waals surface area contributed by atoms with E-state index >= 15 is 0 Å². The molecule has 0 radical (unpaired) electrons. The minimum Gasteiger partial charge on any atom is -0.356 e. The van der Waals surface area contributed by atoms with Gasteiger partial charge >= 0.3 is 6.18 Å². The van der Waals surface area contributed by atoms with Gasteiger partial charge in [-0.3, -0.25) is 5.10 Å². The van der Waals surface area contributed by atoms with Gasteiger partial charge in [-0.25, -0.2) is 23.1 Å². The monoisotopic (exact) mass is 454 g/mol. The molecule has 4 rings (SSSR count). The van der Waals surface area contributed by atoms with E-state index in [9.17, 15) is 21.6 Å². The van der Waals surface area contributed by atoms with Gasteiger partial charge in [-0.15, -0.1) is 0 Å². The number of aromatic amines is 1. The summed E-state index contributed by atoms with van der Waals surface area (Å²) in [5.41, 5.74) is -0.637. The highest BCUT2D eigenvalue weighted by atomic mass is 32.2. The molecule has 0 amide bonds. The normalized spacial score (nSPS) is 17.9. The number of alkyl halides is 3. The highest BCUT2D eigenvalue weighted by molar-refractivity contribution is 7.88. The Bertz CT molecular complexity index is 1190. The lowest BCUT2D eigenvalue weighted by atomic mass is 9.98. The Kier molecular flexibility index (Phi) is 5.60. The van der Waals surface area contributed by atoms with Gasteiger partial charge in [-0.05, 0) is 43.0 Å². The number of H-pyrrole nitrogens is 1. The third-order valence-corrected chi connectivity index (χ3v) is 5.92. The Morgan fingerprint density at radius 3 is 2.84 bits per heavy atom. The van der Waals surface area contributed by atoms with Crippen LogP contribution >= 0.6 is 0 Å². The molecule has 4 heterocycles. The Hall–Kier alpha value is -2.73. The second kappa shape index (κ2) is 8.08. The van der Waals surface area contributed by atoms with Crippen molar-refractivity contribution in [2.75, 3.05) is 30.8 Å². The van der Waals surface area contributed by atoms with E-state index in [-0.39, 0.29) is 23.9 Å². The number of piperidine rings is 1. The molecule has 0 aromatic carbocycles. The van der Waals surface area contributed by atoms with Gasteiger partial charge in [0.15, 0.2) is 5.65 Å². The molecule has 3 aromatic heterocycles. The standard InChI is InChI=1S/C19H21F3N6O2S/c1-31(29,30)24-10-12-4-3-9-28(11-12)15-7-6-14(19(20,21)22)17(25-15)16-13-5-2-8-23-18(13)27-26-16/h2,5-8,12,24H,3-4,9-11H2,1H3,(H,23,26,27). The summed E-state index contributed by atoms with van der Waals surface area (Å²) in [7, 11) is -3.31. The molecule has 0 spiro atoms. The second-order valence-corrected chi connectivity index (χ2v) is 9.44. The maximum Gasteiger partial charge on any atom is 0.418 e. The quantitative estimate of drug-likeness (QED) is 0.615. The fourth-order valence-electron chi connectivity index (χ4n) is 3.78. The average molecular weight is 454 g/mol. The zero-order chi connectivity index (χ0) is 22.2. The van der Waals surface area contributed by atoms with Crippen LogP contribution in [0.3, 0.4) is 0 Å². The molecule has 1 atom stereocenters. The van der Waals surface area contributed by atoms with Gasteiger partial charge in [-0.1, -0.05) is 0 Å². The molecule has 8 nitrogen and oxygen atoms in total. The molecule has 166 valence electrons. The summed E-state index contributed by atoms with van der Waals surface area (Å²) in [4.78, 5) is 10.3. The second-order valence-electron chi connectivity index (χ2n) is 7.61. The zero-order valence-corrected chi connectivity index (χ0v) is 17.5. The SMILES string of the molecule is CS(=O)(=O)NCC1CCCN(c2ccc(C(F)(F)F)c(-c3[nH]nc4ncccc34)n2)C1. The lowest BCUT2D eigenvalue weighted by molar-refractivity contribution is -0.137. The van der Waals surface area contributed by atoms with Crippen LogP contribution in [0.4, 0.5) is 19.0 Å². The number of nitrogens with one attached hydrogen (secondary N) is 2. The lowest BCUT2D eigenvalue weighted by Crippen LogP contribution is -2.41. The molecular formula is C19H21F3N6O2S. The minimum atomic E-state index is -4.59. The fraction of sp³-hybridized carbons (Fsp3) is 0.421. The highest BCUT2D eigenvalue weighted by Gasteiger charge is 2.36. The number of hydrogen-bond acceptors (Lipinski definition) is 6. The molecule has 0 bridgehead atoms. The van der Waals surface area contributed by atoms with E-state index in [1.165, 1.54) is 12.3 Å². The topological polar surface area (TPSA) is 104 Å². The van der Waals surface area contributed by atoms with Crippen molar-refractivity contribution in [2.45, 2.75) is 19.0 Å². The molecule has 1 fully saturated rings. The van der Waals surface area contributed by atoms with Crippen molar-refractivity contribution >= 4 is 26.9 Å². The number of pyridine rings is 2. The minimum absolute atomic E-state index is 0.0354. The molecule has 1 saturated heterocycles. The van der Waals surface area contributed by atoms with Crippen molar-refractivity contribution in [3.8, 4) is 11.4 Å². The van der Waals surface area contributed by atoms with Crippen molar-refractivity contribution in [2.24, 2.45) is 5.92 Å². The first-order valence-corrected chi connectivity index (χ1v) is 11.6. The molecule has 1 aliphatic rings. The number of hydrogen-bond donors (Lipinski definition) is 2. The van der Waals surface area contributed by atoms with E-state index < -0.39 is 21.8 Å². The predicted molar refractivity (Wildman–Crippen MR) is 110 cm³/mol. The van der Waals surface area contributed by atoms with Crippen molar-refractivity contribution < 1.29 is 21.6 Å². The van der Waals surface area contributed by atoms with Crippen LogP contribution in [-0.2, 0) is 16.2 Å². The summed E-state index contributed by atoms with van der Waals surface area (Å²) < 4.78 is 66.4. The van der Waals surface area contributed by atoms with E-state index in [2.05, 4.69) is 24.9 Å². The zero-order valence-electron chi connectivity index (χ0n) is 16.6. The summed E-state index contributed by atoms with van der Waals surface area (Å²) in [5, 5.41) is 7.10. The first kappa shape index (κ1) is 21.5. The fourth-order valence-corrected chi connectivity index (χ4v) is 4.32. The van der Waals surface area contributed by atoms with Gasteiger partial charge in [0.25, 0.3) is 0 Å². The Morgan fingerprint density at radius 1 is 1.29 bits per heavy atom.